The van der Waals surface area contributed by atoms with Crippen LogP contribution >= 0.6 is 11.3 Å². The van der Waals surface area contributed by atoms with Gasteiger partial charge in [0.2, 0.25) is 0 Å². The first-order valence-corrected chi connectivity index (χ1v) is 28.6. The second-order valence-electron chi connectivity index (χ2n) is 24.9. The Kier molecular flexibility index (Phi) is 10.9. The van der Waals surface area contributed by atoms with Crippen molar-refractivity contribution in [3.8, 4) is 33.4 Å². The molecule has 2 aliphatic rings. The van der Waals surface area contributed by atoms with Crippen LogP contribution in [0.2, 0.25) is 0 Å². The Morgan fingerprint density at radius 3 is 1.49 bits per heavy atom. The fraction of sp³-hybridized carbons (Fsp3) is 0.162. The number of anilines is 6. The first kappa shape index (κ1) is 48.2. The van der Waals surface area contributed by atoms with Crippen LogP contribution in [0.1, 0.15) is 79.0 Å². The first-order valence-electron chi connectivity index (χ1n) is 27.8. The van der Waals surface area contributed by atoms with E-state index in [1.54, 1.807) is 0 Å². The summed E-state index contributed by atoms with van der Waals surface area (Å²) in [5, 5.41) is 8.98. The van der Waals surface area contributed by atoms with Crippen LogP contribution in [0.15, 0.2) is 218 Å². The van der Waals surface area contributed by atoms with Gasteiger partial charge < -0.3 is 9.80 Å². The highest BCUT2D eigenvalue weighted by Gasteiger charge is 2.47. The van der Waals surface area contributed by atoms with E-state index in [1.807, 2.05) is 11.3 Å². The van der Waals surface area contributed by atoms with Crippen LogP contribution in [-0.2, 0) is 16.2 Å². The van der Waals surface area contributed by atoms with E-state index in [0.29, 0.717) is 0 Å². The van der Waals surface area contributed by atoms with E-state index in [1.165, 1.54) is 137 Å². The van der Waals surface area contributed by atoms with Crippen molar-refractivity contribution in [1.29, 1.82) is 0 Å². The van der Waals surface area contributed by atoms with E-state index in [2.05, 4.69) is 291 Å². The van der Waals surface area contributed by atoms with E-state index < -0.39 is 0 Å². The molecule has 0 amide bonds. The van der Waals surface area contributed by atoms with Crippen molar-refractivity contribution in [3.05, 3.63) is 235 Å². The average molecular weight is 1020 g/mol. The second-order valence-corrected chi connectivity index (χ2v) is 26.0. The largest absolute Gasteiger partial charge is 0.311 e. The lowest BCUT2D eigenvalue weighted by Crippen LogP contribution is -2.61. The van der Waals surface area contributed by atoms with Crippen molar-refractivity contribution in [2.75, 3.05) is 9.80 Å². The molecule has 11 aromatic carbocycles. The molecule has 2 nitrogen and oxygen atoms in total. The molecule has 0 saturated carbocycles. The molecule has 2 aliphatic heterocycles. The molecule has 0 fully saturated rings. The summed E-state index contributed by atoms with van der Waals surface area (Å²) in [7, 11) is 0. The maximum Gasteiger partial charge on any atom is 0.265 e. The zero-order chi connectivity index (χ0) is 53.4. The molecule has 0 N–H and O–H groups in total. The molecular weight excluding hydrogens is 960 g/mol. The van der Waals surface area contributed by atoms with Crippen molar-refractivity contribution >= 4 is 110 Å². The molecule has 78 heavy (non-hydrogen) atoms. The lowest BCUT2D eigenvalue weighted by Gasteiger charge is -2.44. The van der Waals surface area contributed by atoms with Crippen LogP contribution in [0, 0.1) is 0 Å². The Hall–Kier alpha value is -8.18. The Bertz CT molecular complexity index is 4340. The molecule has 0 radical (unpaired) electrons. The van der Waals surface area contributed by atoms with Gasteiger partial charge in [0.25, 0.3) is 6.71 Å². The van der Waals surface area contributed by atoms with Gasteiger partial charge in [-0.25, -0.2) is 0 Å². The second kappa shape index (κ2) is 17.7. The minimum Gasteiger partial charge on any atom is -0.311 e. The smallest absolute Gasteiger partial charge is 0.265 e. The number of thiophene rings is 1. The lowest BCUT2D eigenvalue weighted by molar-refractivity contribution is 0.590. The van der Waals surface area contributed by atoms with E-state index >= 15 is 0 Å². The van der Waals surface area contributed by atoms with Crippen LogP contribution in [-0.4, -0.2) is 6.71 Å². The minimum absolute atomic E-state index is 0.00735. The SMILES string of the molecule is CC(C)(C)c1ccc(N2c3cc(-c4ccccc4)cc(-c4ccccc4)c3B3c4sc5ccc(C(C)(C)C)cc5c4N(c4ccc(C(C)(C)C)cc4-c4ccc5c6ccccc6c6ccccc6c5c4)c4cccc2c43)cc1. The van der Waals surface area contributed by atoms with E-state index in [4.69, 9.17) is 0 Å². The first-order chi connectivity index (χ1) is 37.6. The Labute approximate surface area is 464 Å². The molecule has 0 spiro atoms. The van der Waals surface area contributed by atoms with Gasteiger partial charge in [-0.3, -0.25) is 0 Å². The Morgan fingerprint density at radius 1 is 0.321 bits per heavy atom. The van der Waals surface area contributed by atoms with Crippen molar-refractivity contribution in [2.24, 2.45) is 0 Å². The third-order valence-electron chi connectivity index (χ3n) is 16.9. The topological polar surface area (TPSA) is 6.48 Å². The van der Waals surface area contributed by atoms with Gasteiger partial charge in [0.15, 0.2) is 0 Å². The molecule has 0 unspecified atom stereocenters. The molecule has 3 heterocycles. The number of hydrogen-bond donors (Lipinski definition) is 0. The number of benzene rings is 11. The molecule has 0 aliphatic carbocycles. The van der Waals surface area contributed by atoms with Crippen molar-refractivity contribution in [3.63, 3.8) is 0 Å². The number of hydrogen-bond acceptors (Lipinski definition) is 3. The van der Waals surface area contributed by atoms with Crippen LogP contribution in [0.3, 0.4) is 0 Å². The summed E-state index contributed by atoms with van der Waals surface area (Å²) < 4.78 is 2.67. The highest BCUT2D eigenvalue weighted by atomic mass is 32.1. The van der Waals surface area contributed by atoms with Crippen molar-refractivity contribution in [1.82, 2.24) is 0 Å². The third-order valence-corrected chi connectivity index (χ3v) is 18.1. The standard InChI is InChI=1S/C74H63BN2S/c1-72(2,3)50-32-36-53(37-33-50)76-64-29-20-30-65-69(64)75(68-60(47-23-14-11-15-24-47)42-49(43-66(68)76)46-21-12-10-13-22-46)71-70(62-45-52(74(7,8)9)35-40-67(62)78-71)77(65)63-39-34-51(73(4,5)6)44-59(63)48-31-38-58-56-27-17-16-25-54(56)55-26-18-19-28-57(55)61(58)41-48/h10-45H,1-9H3. The Balaban J connectivity index is 1.11. The predicted octanol–water partition coefficient (Wildman–Crippen LogP) is 19.3. The molecule has 378 valence electrons. The Morgan fingerprint density at radius 2 is 0.859 bits per heavy atom. The molecule has 14 rings (SSSR count). The van der Waals surface area contributed by atoms with Gasteiger partial charge in [-0.2, -0.15) is 0 Å². The molecule has 0 atom stereocenters. The fourth-order valence-electron chi connectivity index (χ4n) is 12.8. The quantitative estimate of drug-likeness (QED) is 0.125. The fourth-order valence-corrected chi connectivity index (χ4v) is 14.1. The summed E-state index contributed by atoms with van der Waals surface area (Å²) in [6.07, 6.45) is 0. The summed E-state index contributed by atoms with van der Waals surface area (Å²) in [5.41, 5.74) is 21.0. The highest BCUT2D eigenvalue weighted by molar-refractivity contribution is 7.34. The molecule has 1 aromatic heterocycles. The van der Waals surface area contributed by atoms with Gasteiger partial charge in [0, 0.05) is 43.2 Å². The summed E-state index contributed by atoms with van der Waals surface area (Å²) in [6.45, 7) is 20.9. The number of fused-ring (bicyclic) bond motifs is 12. The van der Waals surface area contributed by atoms with Crippen LogP contribution in [0.5, 0.6) is 0 Å². The lowest BCUT2D eigenvalue weighted by atomic mass is 9.35. The molecule has 0 bridgehead atoms. The summed E-state index contributed by atoms with van der Waals surface area (Å²) in [5.74, 6) is 0. The maximum atomic E-state index is 2.69. The van der Waals surface area contributed by atoms with Crippen molar-refractivity contribution in [2.45, 2.75) is 78.6 Å². The summed E-state index contributed by atoms with van der Waals surface area (Å²) in [6, 6.07) is 83.4. The van der Waals surface area contributed by atoms with Gasteiger partial charge in [-0.15, -0.1) is 11.3 Å². The van der Waals surface area contributed by atoms with E-state index in [9.17, 15) is 0 Å². The zero-order valence-corrected chi connectivity index (χ0v) is 47.0. The van der Waals surface area contributed by atoms with Gasteiger partial charge in [0.1, 0.15) is 0 Å². The molecule has 0 saturated heterocycles. The van der Waals surface area contributed by atoms with Gasteiger partial charge in [0.05, 0.1) is 11.4 Å². The third kappa shape index (κ3) is 7.66. The molecule has 12 aromatic rings. The predicted molar refractivity (Wildman–Crippen MR) is 341 cm³/mol. The van der Waals surface area contributed by atoms with Gasteiger partial charge in [-0.05, 0) is 171 Å². The molecular formula is C74H63BN2S. The highest BCUT2D eigenvalue weighted by Crippen LogP contribution is 2.52. The molecule has 4 heteroatoms. The maximum absolute atomic E-state index is 2.69. The van der Waals surface area contributed by atoms with Crippen LogP contribution in [0.4, 0.5) is 34.1 Å². The summed E-state index contributed by atoms with van der Waals surface area (Å²) in [4.78, 5) is 5.28. The van der Waals surface area contributed by atoms with Gasteiger partial charge >= 0.3 is 0 Å². The number of rotatable bonds is 5. The normalized spacial score (nSPS) is 13.4. The van der Waals surface area contributed by atoms with Crippen molar-refractivity contribution < 1.29 is 0 Å². The monoisotopic (exact) mass is 1020 g/mol. The van der Waals surface area contributed by atoms with Crippen LogP contribution in [0.25, 0.3) is 75.8 Å². The minimum atomic E-state index is -0.0903. The average Bonchev–Trinajstić information content (AvgIpc) is 3.24. The van der Waals surface area contributed by atoms with E-state index in [0.717, 1.165) is 5.69 Å². The summed E-state index contributed by atoms with van der Waals surface area (Å²) >= 11 is 1.98. The van der Waals surface area contributed by atoms with Crippen LogP contribution < -0.4 is 25.5 Å². The van der Waals surface area contributed by atoms with E-state index in [-0.39, 0.29) is 23.0 Å². The van der Waals surface area contributed by atoms with Gasteiger partial charge in [-0.1, -0.05) is 214 Å². The zero-order valence-electron chi connectivity index (χ0n) is 46.2. The number of nitrogens with zero attached hydrogens (tertiary/aromatic N) is 2.